The van der Waals surface area contributed by atoms with Gasteiger partial charge in [0.2, 0.25) is 0 Å². The fourth-order valence-electron chi connectivity index (χ4n) is 1.91. The zero-order valence-electron chi connectivity index (χ0n) is 13.0. The summed E-state index contributed by atoms with van der Waals surface area (Å²) in [6.45, 7) is -3.18. The highest BCUT2D eigenvalue weighted by Crippen LogP contribution is 2.26. The molecule has 0 heterocycles. The van der Waals surface area contributed by atoms with Crippen LogP contribution in [0.4, 0.5) is 8.78 Å². The van der Waals surface area contributed by atoms with Crippen LogP contribution in [0.15, 0.2) is 46.9 Å². The number of ether oxygens (including phenoxy) is 3. The molecule has 0 N–H and O–H groups in total. The van der Waals surface area contributed by atoms with Crippen molar-refractivity contribution in [2.75, 3.05) is 13.7 Å². The molecule has 0 unspecified atom stereocenters. The van der Waals surface area contributed by atoms with Gasteiger partial charge < -0.3 is 14.2 Å². The average Bonchev–Trinajstić information content (AvgIpc) is 2.59. The highest BCUT2D eigenvalue weighted by molar-refractivity contribution is 9.10. The van der Waals surface area contributed by atoms with Gasteiger partial charge in [-0.25, -0.2) is 4.79 Å². The van der Waals surface area contributed by atoms with Gasteiger partial charge in [-0.3, -0.25) is 4.79 Å². The van der Waals surface area contributed by atoms with Crippen LogP contribution in [0.1, 0.15) is 20.7 Å². The molecule has 5 nitrogen and oxygen atoms in total. The van der Waals surface area contributed by atoms with Gasteiger partial charge in [0.1, 0.15) is 11.5 Å². The van der Waals surface area contributed by atoms with E-state index in [0.717, 1.165) is 0 Å². The van der Waals surface area contributed by atoms with Crippen LogP contribution in [0.3, 0.4) is 0 Å². The van der Waals surface area contributed by atoms with E-state index >= 15 is 0 Å². The monoisotopic (exact) mass is 414 g/mol. The van der Waals surface area contributed by atoms with E-state index in [1.165, 1.54) is 49.6 Å². The van der Waals surface area contributed by atoms with Crippen molar-refractivity contribution in [1.29, 1.82) is 0 Å². The number of alkyl halides is 2. The lowest BCUT2D eigenvalue weighted by Gasteiger charge is -2.09. The maximum Gasteiger partial charge on any atom is 0.387 e. The predicted octanol–water partition coefficient (Wildman–Crippen LogP) is 4.10. The number of benzene rings is 2. The zero-order valence-corrected chi connectivity index (χ0v) is 14.6. The Hall–Kier alpha value is -2.48. The zero-order chi connectivity index (χ0) is 18.4. The Balaban J connectivity index is 1.98. The lowest BCUT2D eigenvalue weighted by Crippen LogP contribution is -2.12. The SMILES string of the molecule is COC(=O)c1ccc(OCC(=O)c2ccc(OC(F)F)cc2)c(Br)c1. The van der Waals surface area contributed by atoms with Crippen molar-refractivity contribution in [3.63, 3.8) is 0 Å². The molecule has 0 aliphatic carbocycles. The molecule has 0 aromatic heterocycles. The number of esters is 1. The third-order valence-electron chi connectivity index (χ3n) is 3.11. The molecule has 0 aliphatic rings. The second-order valence-electron chi connectivity index (χ2n) is 4.75. The van der Waals surface area contributed by atoms with E-state index in [0.29, 0.717) is 21.3 Å². The molecule has 25 heavy (non-hydrogen) atoms. The number of hydrogen-bond acceptors (Lipinski definition) is 5. The molecule has 0 spiro atoms. The lowest BCUT2D eigenvalue weighted by molar-refractivity contribution is -0.0498. The molecule has 0 aliphatic heterocycles. The number of carbonyl (C=O) groups is 2. The molecule has 132 valence electrons. The summed E-state index contributed by atoms with van der Waals surface area (Å²) in [4.78, 5) is 23.5. The number of Topliss-reactive ketones (excluding diaryl/α,β-unsaturated/α-hetero) is 1. The van der Waals surface area contributed by atoms with Crippen LogP contribution >= 0.6 is 15.9 Å². The first kappa shape index (κ1) is 18.9. The summed E-state index contributed by atoms with van der Waals surface area (Å²) in [6.07, 6.45) is 0. The summed E-state index contributed by atoms with van der Waals surface area (Å²) in [7, 11) is 1.27. The Labute approximate surface area is 150 Å². The number of rotatable bonds is 7. The maximum absolute atomic E-state index is 12.1. The quantitative estimate of drug-likeness (QED) is 0.504. The molecule has 0 atom stereocenters. The number of carbonyl (C=O) groups excluding carboxylic acids is 2. The van der Waals surface area contributed by atoms with Gasteiger partial charge in [0, 0.05) is 5.56 Å². The van der Waals surface area contributed by atoms with Gasteiger partial charge in [-0.05, 0) is 58.4 Å². The third kappa shape index (κ3) is 5.25. The van der Waals surface area contributed by atoms with E-state index in [1.807, 2.05) is 0 Å². The third-order valence-corrected chi connectivity index (χ3v) is 3.73. The summed E-state index contributed by atoms with van der Waals surface area (Å²) >= 11 is 3.25. The summed E-state index contributed by atoms with van der Waals surface area (Å²) in [5.74, 6) is -0.491. The van der Waals surface area contributed by atoms with Gasteiger partial charge in [-0.2, -0.15) is 8.78 Å². The standard InChI is InChI=1S/C17H13BrF2O5/c1-23-16(22)11-4-7-15(13(18)8-11)24-9-14(21)10-2-5-12(6-3-10)25-17(19)20/h2-8,17H,9H2,1H3. The van der Waals surface area contributed by atoms with Crippen LogP contribution in [0.2, 0.25) is 0 Å². The van der Waals surface area contributed by atoms with Crippen LogP contribution in [0.5, 0.6) is 11.5 Å². The van der Waals surface area contributed by atoms with Crippen LogP contribution in [0, 0.1) is 0 Å². The van der Waals surface area contributed by atoms with Crippen molar-refractivity contribution >= 4 is 27.7 Å². The van der Waals surface area contributed by atoms with Crippen LogP contribution in [-0.2, 0) is 4.74 Å². The van der Waals surface area contributed by atoms with Crippen molar-refractivity contribution in [3.8, 4) is 11.5 Å². The molecular formula is C17H13BrF2O5. The molecule has 0 saturated carbocycles. The minimum atomic E-state index is -2.92. The normalized spacial score (nSPS) is 10.4. The first-order chi connectivity index (χ1) is 11.9. The molecule has 0 amide bonds. The van der Waals surface area contributed by atoms with E-state index in [4.69, 9.17) is 4.74 Å². The first-order valence-corrected chi connectivity index (χ1v) is 7.78. The van der Waals surface area contributed by atoms with E-state index in [-0.39, 0.29) is 18.1 Å². The highest BCUT2D eigenvalue weighted by atomic mass is 79.9. The summed E-state index contributed by atoms with van der Waals surface area (Å²) < 4.78 is 38.9. The van der Waals surface area contributed by atoms with Gasteiger partial charge in [0.05, 0.1) is 17.1 Å². The van der Waals surface area contributed by atoms with Gasteiger partial charge in [-0.15, -0.1) is 0 Å². The second kappa shape index (κ2) is 8.57. The van der Waals surface area contributed by atoms with E-state index in [2.05, 4.69) is 25.4 Å². The Morgan fingerprint density at radius 1 is 1.08 bits per heavy atom. The van der Waals surface area contributed by atoms with Gasteiger partial charge >= 0.3 is 12.6 Å². The topological polar surface area (TPSA) is 61.8 Å². The number of methoxy groups -OCH3 is 1. The molecule has 0 bridgehead atoms. The van der Waals surface area contributed by atoms with Gasteiger partial charge in [0.15, 0.2) is 12.4 Å². The van der Waals surface area contributed by atoms with Crippen molar-refractivity contribution in [2.24, 2.45) is 0 Å². The predicted molar refractivity (Wildman–Crippen MR) is 88.4 cm³/mol. The highest BCUT2D eigenvalue weighted by Gasteiger charge is 2.12. The van der Waals surface area contributed by atoms with Crippen molar-refractivity contribution in [3.05, 3.63) is 58.1 Å². The fraction of sp³-hybridized carbons (Fsp3) is 0.176. The smallest absolute Gasteiger partial charge is 0.387 e. The van der Waals surface area contributed by atoms with Crippen molar-refractivity contribution in [1.82, 2.24) is 0 Å². The molecule has 0 radical (unpaired) electrons. The number of ketones is 1. The van der Waals surface area contributed by atoms with Crippen molar-refractivity contribution in [2.45, 2.75) is 6.61 Å². The summed E-state index contributed by atoms with van der Waals surface area (Å²) in [5, 5.41) is 0. The largest absolute Gasteiger partial charge is 0.484 e. The molecule has 0 saturated heterocycles. The summed E-state index contributed by atoms with van der Waals surface area (Å²) in [5.41, 5.74) is 0.631. The molecular weight excluding hydrogens is 402 g/mol. The first-order valence-electron chi connectivity index (χ1n) is 6.99. The number of halogens is 3. The molecule has 2 rings (SSSR count). The van der Waals surface area contributed by atoms with E-state index in [1.54, 1.807) is 0 Å². The Morgan fingerprint density at radius 3 is 2.28 bits per heavy atom. The van der Waals surface area contributed by atoms with Gasteiger partial charge in [-0.1, -0.05) is 0 Å². The van der Waals surface area contributed by atoms with E-state index < -0.39 is 12.6 Å². The minimum Gasteiger partial charge on any atom is -0.484 e. The van der Waals surface area contributed by atoms with Crippen LogP contribution in [0.25, 0.3) is 0 Å². The minimum absolute atomic E-state index is 0.0337. The number of hydrogen-bond donors (Lipinski definition) is 0. The van der Waals surface area contributed by atoms with Crippen LogP contribution < -0.4 is 9.47 Å². The Morgan fingerprint density at radius 2 is 1.72 bits per heavy atom. The Kier molecular flexibility index (Phi) is 6.46. The Bertz CT molecular complexity index is 762. The fourth-order valence-corrected chi connectivity index (χ4v) is 2.40. The van der Waals surface area contributed by atoms with E-state index in [9.17, 15) is 18.4 Å². The molecule has 0 fully saturated rings. The van der Waals surface area contributed by atoms with Crippen molar-refractivity contribution < 1.29 is 32.6 Å². The van der Waals surface area contributed by atoms with Crippen LogP contribution in [-0.4, -0.2) is 32.1 Å². The molecule has 2 aromatic rings. The van der Waals surface area contributed by atoms with Gasteiger partial charge in [0.25, 0.3) is 0 Å². The summed E-state index contributed by atoms with van der Waals surface area (Å²) in [6, 6.07) is 9.86. The second-order valence-corrected chi connectivity index (χ2v) is 5.61. The average molecular weight is 415 g/mol. The maximum atomic E-state index is 12.1. The lowest BCUT2D eigenvalue weighted by atomic mass is 10.1. The molecule has 8 heteroatoms. The molecule has 2 aromatic carbocycles.